The standard InChI is InChI=1S/C20H23F3N4O/c1-26-18(11-17(25-26)14-3-2-4-14)24-19(28)27(16-9-10-16)12-13-5-7-15(8-6-13)20(21,22)23/h5-8,11,14,16H,2-4,9-10,12H2,1H3,(H,24,28). The molecule has 0 atom stereocenters. The fourth-order valence-corrected chi connectivity index (χ4v) is 3.44. The average molecular weight is 392 g/mol. The summed E-state index contributed by atoms with van der Waals surface area (Å²) in [5.41, 5.74) is 0.997. The predicted octanol–water partition coefficient (Wildman–Crippen LogP) is 4.90. The summed E-state index contributed by atoms with van der Waals surface area (Å²) >= 11 is 0. The largest absolute Gasteiger partial charge is 0.416 e. The highest BCUT2D eigenvalue weighted by Crippen LogP contribution is 2.36. The second-order valence-electron chi connectivity index (χ2n) is 7.69. The SMILES string of the molecule is Cn1nc(C2CCC2)cc1NC(=O)N(Cc1ccc(C(F)(F)F)cc1)C1CC1. The van der Waals surface area contributed by atoms with E-state index in [0.29, 0.717) is 17.3 Å². The zero-order valence-corrected chi connectivity index (χ0v) is 15.7. The number of benzene rings is 1. The second kappa shape index (κ2) is 7.14. The monoisotopic (exact) mass is 392 g/mol. The van der Waals surface area contributed by atoms with Crippen LogP contribution in [0, 0.1) is 0 Å². The molecule has 1 aromatic heterocycles. The minimum atomic E-state index is -4.36. The maximum atomic E-state index is 12.8. The van der Waals surface area contributed by atoms with Gasteiger partial charge in [-0.3, -0.25) is 10.00 Å². The van der Waals surface area contributed by atoms with Gasteiger partial charge in [-0.25, -0.2) is 4.79 Å². The Morgan fingerprint density at radius 3 is 2.43 bits per heavy atom. The fraction of sp³-hybridized carbons (Fsp3) is 0.500. The first-order valence-corrected chi connectivity index (χ1v) is 9.59. The molecule has 28 heavy (non-hydrogen) atoms. The van der Waals surface area contributed by atoms with Crippen molar-refractivity contribution in [1.29, 1.82) is 0 Å². The Balaban J connectivity index is 1.44. The highest BCUT2D eigenvalue weighted by molar-refractivity contribution is 5.89. The van der Waals surface area contributed by atoms with Crippen LogP contribution in [-0.2, 0) is 19.8 Å². The van der Waals surface area contributed by atoms with E-state index in [-0.39, 0.29) is 18.6 Å². The molecule has 1 aromatic carbocycles. The van der Waals surface area contributed by atoms with Crippen molar-refractivity contribution in [2.24, 2.45) is 7.05 Å². The molecule has 2 fully saturated rings. The van der Waals surface area contributed by atoms with E-state index in [1.54, 1.807) is 16.6 Å². The molecule has 5 nitrogen and oxygen atoms in total. The quantitative estimate of drug-likeness (QED) is 0.787. The third-order valence-electron chi connectivity index (χ3n) is 5.54. The summed E-state index contributed by atoms with van der Waals surface area (Å²) < 4.78 is 39.9. The highest BCUT2D eigenvalue weighted by atomic mass is 19.4. The van der Waals surface area contributed by atoms with Gasteiger partial charge in [-0.15, -0.1) is 0 Å². The number of aryl methyl sites for hydroxylation is 1. The molecule has 2 saturated carbocycles. The van der Waals surface area contributed by atoms with Gasteiger partial charge in [-0.05, 0) is 43.4 Å². The van der Waals surface area contributed by atoms with Crippen molar-refractivity contribution >= 4 is 11.8 Å². The van der Waals surface area contributed by atoms with Crippen LogP contribution in [0.2, 0.25) is 0 Å². The number of hydrogen-bond donors (Lipinski definition) is 1. The van der Waals surface area contributed by atoms with Crippen LogP contribution in [0.3, 0.4) is 0 Å². The van der Waals surface area contributed by atoms with Crippen molar-refractivity contribution < 1.29 is 18.0 Å². The molecule has 1 heterocycles. The van der Waals surface area contributed by atoms with E-state index in [1.807, 2.05) is 6.07 Å². The lowest BCUT2D eigenvalue weighted by Crippen LogP contribution is -2.36. The van der Waals surface area contributed by atoms with Gasteiger partial charge in [0.25, 0.3) is 0 Å². The number of rotatable bonds is 5. The minimum absolute atomic E-state index is 0.127. The van der Waals surface area contributed by atoms with E-state index in [0.717, 1.165) is 43.5 Å². The van der Waals surface area contributed by atoms with E-state index in [2.05, 4.69) is 10.4 Å². The van der Waals surface area contributed by atoms with Gasteiger partial charge in [0.1, 0.15) is 5.82 Å². The maximum absolute atomic E-state index is 12.8. The van der Waals surface area contributed by atoms with Crippen molar-refractivity contribution in [3.05, 3.63) is 47.2 Å². The molecule has 150 valence electrons. The summed E-state index contributed by atoms with van der Waals surface area (Å²) in [6.45, 7) is 0.280. The minimum Gasteiger partial charge on any atom is -0.317 e. The number of aromatic nitrogens is 2. The first-order valence-electron chi connectivity index (χ1n) is 9.59. The van der Waals surface area contributed by atoms with Gasteiger partial charge >= 0.3 is 12.2 Å². The summed E-state index contributed by atoms with van der Waals surface area (Å²) in [5, 5.41) is 7.42. The molecule has 4 rings (SSSR count). The van der Waals surface area contributed by atoms with Gasteiger partial charge in [-0.1, -0.05) is 18.6 Å². The average Bonchev–Trinajstić information content (AvgIpc) is 3.36. The molecule has 0 spiro atoms. The number of urea groups is 1. The van der Waals surface area contributed by atoms with Crippen LogP contribution in [0.15, 0.2) is 30.3 Å². The number of carbonyl (C=O) groups is 1. The Kier molecular flexibility index (Phi) is 4.81. The van der Waals surface area contributed by atoms with Crippen LogP contribution in [0.5, 0.6) is 0 Å². The van der Waals surface area contributed by atoms with Crippen LogP contribution in [0.25, 0.3) is 0 Å². The zero-order chi connectivity index (χ0) is 19.9. The van der Waals surface area contributed by atoms with E-state index in [1.165, 1.54) is 18.6 Å². The normalized spacial score (nSPS) is 17.3. The summed E-state index contributed by atoms with van der Waals surface area (Å²) in [4.78, 5) is 14.5. The summed E-state index contributed by atoms with van der Waals surface area (Å²) in [6.07, 6.45) is 0.938. The van der Waals surface area contributed by atoms with E-state index in [4.69, 9.17) is 0 Å². The smallest absolute Gasteiger partial charge is 0.317 e. The van der Waals surface area contributed by atoms with Gasteiger partial charge in [0.05, 0.1) is 11.3 Å². The van der Waals surface area contributed by atoms with Crippen LogP contribution < -0.4 is 5.32 Å². The first kappa shape index (κ1) is 18.8. The van der Waals surface area contributed by atoms with Crippen LogP contribution in [-0.4, -0.2) is 26.8 Å². The number of hydrogen-bond acceptors (Lipinski definition) is 2. The van der Waals surface area contributed by atoms with Gasteiger partial charge in [-0.2, -0.15) is 18.3 Å². The van der Waals surface area contributed by atoms with Crippen molar-refractivity contribution in [2.45, 2.75) is 56.8 Å². The lowest BCUT2D eigenvalue weighted by Gasteiger charge is -2.23. The topological polar surface area (TPSA) is 50.2 Å². The fourth-order valence-electron chi connectivity index (χ4n) is 3.44. The number of halogens is 3. The van der Waals surface area contributed by atoms with Crippen LogP contribution in [0.4, 0.5) is 23.8 Å². The molecular formula is C20H23F3N4O. The number of alkyl halides is 3. The molecule has 0 unspecified atom stereocenters. The van der Waals surface area contributed by atoms with E-state index in [9.17, 15) is 18.0 Å². The van der Waals surface area contributed by atoms with Crippen molar-refractivity contribution in [3.8, 4) is 0 Å². The Morgan fingerprint density at radius 1 is 1.21 bits per heavy atom. The number of amides is 2. The third kappa shape index (κ3) is 4.00. The van der Waals surface area contributed by atoms with E-state index >= 15 is 0 Å². The maximum Gasteiger partial charge on any atom is 0.416 e. The molecule has 0 aliphatic heterocycles. The molecule has 0 radical (unpaired) electrons. The Morgan fingerprint density at radius 2 is 1.89 bits per heavy atom. The molecule has 2 aliphatic carbocycles. The molecule has 0 saturated heterocycles. The second-order valence-corrected chi connectivity index (χ2v) is 7.69. The third-order valence-corrected chi connectivity index (χ3v) is 5.54. The molecule has 8 heteroatoms. The van der Waals surface area contributed by atoms with Gasteiger partial charge < -0.3 is 4.90 Å². The first-order chi connectivity index (χ1) is 13.3. The molecular weight excluding hydrogens is 369 g/mol. The van der Waals surface area contributed by atoms with Crippen LogP contribution >= 0.6 is 0 Å². The van der Waals surface area contributed by atoms with E-state index < -0.39 is 11.7 Å². The summed E-state index contributed by atoms with van der Waals surface area (Å²) in [6, 6.07) is 6.79. The predicted molar refractivity (Wildman–Crippen MR) is 98.8 cm³/mol. The lowest BCUT2D eigenvalue weighted by molar-refractivity contribution is -0.137. The van der Waals surface area contributed by atoms with Crippen molar-refractivity contribution in [1.82, 2.24) is 14.7 Å². The highest BCUT2D eigenvalue weighted by Gasteiger charge is 2.34. The Labute approximate surface area is 161 Å². The molecule has 2 aliphatic rings. The lowest BCUT2D eigenvalue weighted by atomic mass is 9.83. The van der Waals surface area contributed by atoms with Crippen molar-refractivity contribution in [3.63, 3.8) is 0 Å². The van der Waals surface area contributed by atoms with Gasteiger partial charge in [0.15, 0.2) is 0 Å². The number of nitrogens with zero attached hydrogens (tertiary/aromatic N) is 3. The van der Waals surface area contributed by atoms with Crippen LogP contribution in [0.1, 0.15) is 54.8 Å². The van der Waals surface area contributed by atoms with Gasteiger partial charge in [0, 0.05) is 31.6 Å². The molecule has 2 aromatic rings. The molecule has 0 bridgehead atoms. The summed E-state index contributed by atoms with van der Waals surface area (Å²) in [7, 11) is 1.80. The van der Waals surface area contributed by atoms with Crippen molar-refractivity contribution in [2.75, 3.05) is 5.32 Å². The number of anilines is 1. The Bertz CT molecular complexity index is 851. The molecule has 2 amide bonds. The molecule has 1 N–H and O–H groups in total. The van der Waals surface area contributed by atoms with Gasteiger partial charge in [0.2, 0.25) is 0 Å². The number of nitrogens with one attached hydrogen (secondary N) is 1. The Hall–Kier alpha value is -2.51. The zero-order valence-electron chi connectivity index (χ0n) is 15.7. The number of carbonyl (C=O) groups excluding carboxylic acids is 1. The summed E-state index contributed by atoms with van der Waals surface area (Å²) in [5.74, 6) is 1.12.